The average Bonchev–Trinajstić information content (AvgIpc) is 2.45. The molecular formula is C15H22N2O2. The van der Waals surface area contributed by atoms with E-state index in [1.807, 2.05) is 19.1 Å². The van der Waals surface area contributed by atoms with E-state index in [2.05, 4.69) is 17.2 Å². The maximum Gasteiger partial charge on any atom is 0.223 e. The lowest BCUT2D eigenvalue weighted by Gasteiger charge is -2.24. The zero-order chi connectivity index (χ0) is 13.7. The third kappa shape index (κ3) is 3.77. The van der Waals surface area contributed by atoms with Gasteiger partial charge in [-0.15, -0.1) is 0 Å². The molecule has 1 aromatic rings. The Morgan fingerprint density at radius 2 is 2.26 bits per heavy atom. The summed E-state index contributed by atoms with van der Waals surface area (Å²) >= 11 is 0. The van der Waals surface area contributed by atoms with Crippen molar-refractivity contribution in [1.82, 2.24) is 10.3 Å². The minimum atomic E-state index is 0.00949. The molecule has 1 aromatic heterocycles. The Labute approximate surface area is 114 Å². The standard InChI is InChI=1S/C15H22N2O2/c1-3-13(14-10-11(2)4-7-16-14)17-15(18)12-5-8-19-9-6-12/h4,7,10,12-13H,3,5-6,8-9H2,1-2H3,(H,17,18)/t13-/m1/s1. The molecule has 1 N–H and O–H groups in total. The molecule has 104 valence electrons. The fourth-order valence-electron chi connectivity index (χ4n) is 2.38. The Morgan fingerprint density at radius 3 is 2.89 bits per heavy atom. The fourth-order valence-corrected chi connectivity index (χ4v) is 2.38. The largest absolute Gasteiger partial charge is 0.381 e. The predicted molar refractivity (Wildman–Crippen MR) is 73.7 cm³/mol. The molecule has 0 aliphatic carbocycles. The molecule has 1 fully saturated rings. The second kappa shape index (κ2) is 6.66. The molecule has 1 saturated heterocycles. The highest BCUT2D eigenvalue weighted by Crippen LogP contribution is 2.19. The normalized spacial score (nSPS) is 18.0. The van der Waals surface area contributed by atoms with Crippen molar-refractivity contribution < 1.29 is 9.53 Å². The van der Waals surface area contributed by atoms with Crippen molar-refractivity contribution in [2.75, 3.05) is 13.2 Å². The maximum atomic E-state index is 12.2. The van der Waals surface area contributed by atoms with E-state index in [1.165, 1.54) is 5.56 Å². The molecule has 2 rings (SSSR count). The molecular weight excluding hydrogens is 240 g/mol. The van der Waals surface area contributed by atoms with Crippen LogP contribution in [0.15, 0.2) is 18.3 Å². The number of aryl methyl sites for hydroxylation is 1. The fraction of sp³-hybridized carbons (Fsp3) is 0.600. The summed E-state index contributed by atoms with van der Waals surface area (Å²) in [7, 11) is 0. The average molecular weight is 262 g/mol. The molecule has 1 amide bonds. The van der Waals surface area contributed by atoms with E-state index in [0.717, 1.165) is 25.0 Å². The number of carbonyl (C=O) groups excluding carboxylic acids is 1. The SMILES string of the molecule is CC[C@@H](NC(=O)C1CCOCC1)c1cc(C)ccn1. The molecule has 0 radical (unpaired) electrons. The Kier molecular flexibility index (Phi) is 4.91. The van der Waals surface area contributed by atoms with Gasteiger partial charge in [-0.25, -0.2) is 0 Å². The Balaban J connectivity index is 2.00. The molecule has 1 aliphatic rings. The summed E-state index contributed by atoms with van der Waals surface area (Å²) in [5.41, 5.74) is 2.12. The van der Waals surface area contributed by atoms with Crippen LogP contribution in [0, 0.1) is 12.8 Å². The minimum Gasteiger partial charge on any atom is -0.381 e. The van der Waals surface area contributed by atoms with Gasteiger partial charge in [-0.1, -0.05) is 6.92 Å². The van der Waals surface area contributed by atoms with Gasteiger partial charge in [0.25, 0.3) is 0 Å². The highest BCUT2D eigenvalue weighted by Gasteiger charge is 2.24. The maximum absolute atomic E-state index is 12.2. The van der Waals surface area contributed by atoms with Gasteiger partial charge >= 0.3 is 0 Å². The first-order valence-corrected chi connectivity index (χ1v) is 7.01. The summed E-state index contributed by atoms with van der Waals surface area (Å²) in [5, 5.41) is 3.12. The molecule has 4 nitrogen and oxygen atoms in total. The van der Waals surface area contributed by atoms with Crippen LogP contribution >= 0.6 is 0 Å². The van der Waals surface area contributed by atoms with Crippen LogP contribution in [0.1, 0.15) is 43.5 Å². The van der Waals surface area contributed by atoms with Gasteiger partial charge in [0.15, 0.2) is 0 Å². The summed E-state index contributed by atoms with van der Waals surface area (Å²) in [5.74, 6) is 0.228. The van der Waals surface area contributed by atoms with Crippen LogP contribution in [0.4, 0.5) is 0 Å². The van der Waals surface area contributed by atoms with Crippen LogP contribution in [0.5, 0.6) is 0 Å². The minimum absolute atomic E-state index is 0.00949. The number of ether oxygens (including phenoxy) is 1. The molecule has 1 aliphatic heterocycles. The van der Waals surface area contributed by atoms with E-state index in [-0.39, 0.29) is 17.9 Å². The number of hydrogen-bond acceptors (Lipinski definition) is 3. The van der Waals surface area contributed by atoms with Gasteiger partial charge in [0.2, 0.25) is 5.91 Å². The van der Waals surface area contributed by atoms with Gasteiger partial charge in [-0.3, -0.25) is 9.78 Å². The topological polar surface area (TPSA) is 51.2 Å². The zero-order valence-corrected chi connectivity index (χ0v) is 11.7. The molecule has 4 heteroatoms. The first-order valence-electron chi connectivity index (χ1n) is 7.01. The summed E-state index contributed by atoms with van der Waals surface area (Å²) in [4.78, 5) is 16.6. The Hall–Kier alpha value is -1.42. The smallest absolute Gasteiger partial charge is 0.223 e. The van der Waals surface area contributed by atoms with Crippen molar-refractivity contribution >= 4 is 5.91 Å². The Bertz CT molecular complexity index is 428. The lowest BCUT2D eigenvalue weighted by molar-refractivity contribution is -0.128. The first-order chi connectivity index (χ1) is 9.20. The number of nitrogens with one attached hydrogen (secondary N) is 1. The van der Waals surface area contributed by atoms with E-state index in [0.29, 0.717) is 13.2 Å². The molecule has 1 atom stereocenters. The summed E-state index contributed by atoms with van der Waals surface area (Å²) in [6.07, 6.45) is 4.30. The van der Waals surface area contributed by atoms with E-state index >= 15 is 0 Å². The predicted octanol–water partition coefficient (Wildman–Crippen LogP) is 2.38. The monoisotopic (exact) mass is 262 g/mol. The molecule has 0 unspecified atom stereocenters. The number of carbonyl (C=O) groups is 1. The summed E-state index contributed by atoms with van der Waals surface area (Å²) in [6, 6.07) is 4.02. The number of nitrogens with zero attached hydrogens (tertiary/aromatic N) is 1. The van der Waals surface area contributed by atoms with Crippen molar-refractivity contribution in [3.05, 3.63) is 29.6 Å². The third-order valence-corrected chi connectivity index (χ3v) is 3.61. The van der Waals surface area contributed by atoms with Crippen molar-refractivity contribution in [3.63, 3.8) is 0 Å². The van der Waals surface area contributed by atoms with Gasteiger partial charge in [0.05, 0.1) is 11.7 Å². The van der Waals surface area contributed by atoms with Gasteiger partial charge in [-0.05, 0) is 43.9 Å². The summed E-state index contributed by atoms with van der Waals surface area (Å²) in [6.45, 7) is 5.49. The number of pyridine rings is 1. The lowest BCUT2D eigenvalue weighted by Crippen LogP contribution is -2.36. The molecule has 0 saturated carbocycles. The third-order valence-electron chi connectivity index (χ3n) is 3.61. The number of hydrogen-bond donors (Lipinski definition) is 1. The molecule has 19 heavy (non-hydrogen) atoms. The van der Waals surface area contributed by atoms with Crippen molar-refractivity contribution in [1.29, 1.82) is 0 Å². The van der Waals surface area contributed by atoms with Crippen LogP contribution in [0.2, 0.25) is 0 Å². The van der Waals surface area contributed by atoms with E-state index in [1.54, 1.807) is 6.20 Å². The number of aromatic nitrogens is 1. The van der Waals surface area contributed by atoms with Gasteiger partial charge < -0.3 is 10.1 Å². The first kappa shape index (κ1) is 14.0. The lowest BCUT2D eigenvalue weighted by atomic mass is 9.98. The number of amides is 1. The van der Waals surface area contributed by atoms with Gasteiger partial charge in [-0.2, -0.15) is 0 Å². The highest BCUT2D eigenvalue weighted by atomic mass is 16.5. The van der Waals surface area contributed by atoms with Crippen molar-refractivity contribution in [2.24, 2.45) is 5.92 Å². The van der Waals surface area contributed by atoms with E-state index in [4.69, 9.17) is 4.74 Å². The van der Waals surface area contributed by atoms with Crippen molar-refractivity contribution in [3.8, 4) is 0 Å². The van der Waals surface area contributed by atoms with E-state index < -0.39 is 0 Å². The second-order valence-electron chi connectivity index (χ2n) is 5.11. The van der Waals surface area contributed by atoms with Gasteiger partial charge in [0.1, 0.15) is 0 Å². The van der Waals surface area contributed by atoms with E-state index in [9.17, 15) is 4.79 Å². The zero-order valence-electron chi connectivity index (χ0n) is 11.7. The van der Waals surface area contributed by atoms with Crippen LogP contribution in [-0.2, 0) is 9.53 Å². The molecule has 0 aromatic carbocycles. The Morgan fingerprint density at radius 1 is 1.53 bits per heavy atom. The highest BCUT2D eigenvalue weighted by molar-refractivity contribution is 5.79. The quantitative estimate of drug-likeness (QED) is 0.906. The molecule has 2 heterocycles. The second-order valence-corrected chi connectivity index (χ2v) is 5.11. The van der Waals surface area contributed by atoms with Gasteiger partial charge in [0, 0.05) is 25.3 Å². The number of rotatable bonds is 4. The van der Waals surface area contributed by atoms with Crippen LogP contribution < -0.4 is 5.32 Å². The van der Waals surface area contributed by atoms with Crippen LogP contribution in [-0.4, -0.2) is 24.1 Å². The van der Waals surface area contributed by atoms with Crippen LogP contribution in [0.25, 0.3) is 0 Å². The van der Waals surface area contributed by atoms with Crippen LogP contribution in [0.3, 0.4) is 0 Å². The van der Waals surface area contributed by atoms with Crippen molar-refractivity contribution in [2.45, 2.75) is 39.2 Å². The molecule has 0 bridgehead atoms. The summed E-state index contributed by atoms with van der Waals surface area (Å²) < 4.78 is 5.29. The molecule has 0 spiro atoms.